The highest BCUT2D eigenvalue weighted by atomic mass is 16.3. The molecule has 0 saturated carbocycles. The third-order valence-corrected chi connectivity index (χ3v) is 1.99. The van der Waals surface area contributed by atoms with E-state index in [9.17, 15) is 9.59 Å². The van der Waals surface area contributed by atoms with Crippen molar-refractivity contribution in [2.24, 2.45) is 0 Å². The highest BCUT2D eigenvalue weighted by Crippen LogP contribution is 2.04. The molecular formula is C10H20N2O3. The molecule has 5 heteroatoms. The molecule has 0 fully saturated rings. The van der Waals surface area contributed by atoms with Gasteiger partial charge in [-0.25, -0.2) is 0 Å². The second-order valence-electron chi connectivity index (χ2n) is 3.42. The number of carbonyl (C=O) groups excluding carboxylic acids is 2. The van der Waals surface area contributed by atoms with Crippen LogP contribution in [0, 0.1) is 0 Å². The summed E-state index contributed by atoms with van der Waals surface area (Å²) >= 11 is 0. The van der Waals surface area contributed by atoms with E-state index < -0.39 is 12.5 Å². The average molecular weight is 216 g/mol. The van der Waals surface area contributed by atoms with E-state index in [1.165, 1.54) is 12.8 Å². The summed E-state index contributed by atoms with van der Waals surface area (Å²) in [4.78, 5) is 21.6. The molecule has 0 aromatic rings. The number of aliphatic hydroxyl groups is 1. The standard InChI is InChI=1S/C10H20N2O3/c1-2-3-4-5-6-7-9(14)11-12-10(15)8-13/h13H,2-8H2,1H3,(H,11,14)(H,12,15). The van der Waals surface area contributed by atoms with Crippen LogP contribution in [0.2, 0.25) is 0 Å². The first-order valence-electron chi connectivity index (χ1n) is 5.39. The van der Waals surface area contributed by atoms with Gasteiger partial charge in [-0.3, -0.25) is 20.4 Å². The lowest BCUT2D eigenvalue weighted by atomic mass is 10.1. The van der Waals surface area contributed by atoms with Crippen LogP contribution in [0.1, 0.15) is 45.4 Å². The van der Waals surface area contributed by atoms with Crippen LogP contribution in [0.5, 0.6) is 0 Å². The SMILES string of the molecule is CCCCCCCC(=O)NNC(=O)CO. The molecule has 0 aromatic heterocycles. The molecule has 5 nitrogen and oxygen atoms in total. The number of carbonyl (C=O) groups is 2. The average Bonchev–Trinajstić information content (AvgIpc) is 2.25. The molecule has 15 heavy (non-hydrogen) atoms. The lowest BCUT2D eigenvalue weighted by Gasteiger charge is -2.05. The maximum atomic E-state index is 11.1. The first-order chi connectivity index (χ1) is 7.20. The van der Waals surface area contributed by atoms with Crippen LogP contribution in [0.3, 0.4) is 0 Å². The zero-order valence-electron chi connectivity index (χ0n) is 9.21. The van der Waals surface area contributed by atoms with E-state index >= 15 is 0 Å². The van der Waals surface area contributed by atoms with Gasteiger partial charge in [0.1, 0.15) is 6.61 Å². The van der Waals surface area contributed by atoms with E-state index in [1.807, 2.05) is 0 Å². The van der Waals surface area contributed by atoms with Crippen LogP contribution in [-0.4, -0.2) is 23.5 Å². The second-order valence-corrected chi connectivity index (χ2v) is 3.42. The Labute approximate surface area is 90.2 Å². The van der Waals surface area contributed by atoms with E-state index in [4.69, 9.17) is 5.11 Å². The van der Waals surface area contributed by atoms with Gasteiger partial charge in [0.05, 0.1) is 0 Å². The van der Waals surface area contributed by atoms with Gasteiger partial charge in [-0.2, -0.15) is 0 Å². The third kappa shape index (κ3) is 9.21. The van der Waals surface area contributed by atoms with Gasteiger partial charge in [-0.15, -0.1) is 0 Å². The number of aliphatic hydroxyl groups excluding tert-OH is 1. The van der Waals surface area contributed by atoms with Crippen LogP contribution in [0.4, 0.5) is 0 Å². The second kappa shape index (κ2) is 9.45. The van der Waals surface area contributed by atoms with E-state index in [-0.39, 0.29) is 5.91 Å². The molecule has 0 aliphatic heterocycles. The summed E-state index contributed by atoms with van der Waals surface area (Å²) in [6.45, 7) is 1.52. The number of unbranched alkanes of at least 4 members (excludes halogenated alkanes) is 4. The van der Waals surface area contributed by atoms with Gasteiger partial charge in [0.25, 0.3) is 5.91 Å². The van der Waals surface area contributed by atoms with E-state index in [2.05, 4.69) is 17.8 Å². The Bertz CT molecular complexity index is 195. The Balaban J connectivity index is 3.30. The van der Waals surface area contributed by atoms with Crippen LogP contribution >= 0.6 is 0 Å². The molecule has 3 N–H and O–H groups in total. The fraction of sp³-hybridized carbons (Fsp3) is 0.800. The van der Waals surface area contributed by atoms with Gasteiger partial charge < -0.3 is 5.11 Å². The Morgan fingerprint density at radius 1 is 1.00 bits per heavy atom. The number of hydrazine groups is 1. The van der Waals surface area contributed by atoms with Gasteiger partial charge in [0.2, 0.25) is 5.91 Å². The maximum absolute atomic E-state index is 11.1. The van der Waals surface area contributed by atoms with Crippen molar-refractivity contribution < 1.29 is 14.7 Å². The van der Waals surface area contributed by atoms with Gasteiger partial charge in [-0.05, 0) is 6.42 Å². The Hall–Kier alpha value is -1.10. The molecule has 0 rings (SSSR count). The van der Waals surface area contributed by atoms with Crippen molar-refractivity contribution in [3.63, 3.8) is 0 Å². The van der Waals surface area contributed by atoms with Crippen LogP contribution in [-0.2, 0) is 9.59 Å². The summed E-state index contributed by atoms with van der Waals surface area (Å²) in [5.74, 6) is -0.817. The number of rotatable bonds is 7. The molecule has 0 saturated heterocycles. The summed E-state index contributed by atoms with van der Waals surface area (Å²) in [6.07, 6.45) is 5.81. The highest BCUT2D eigenvalue weighted by molar-refractivity contribution is 5.82. The minimum Gasteiger partial charge on any atom is -0.386 e. The largest absolute Gasteiger partial charge is 0.386 e. The lowest BCUT2D eigenvalue weighted by molar-refractivity contribution is -0.130. The number of hydrogen-bond donors (Lipinski definition) is 3. The fourth-order valence-electron chi connectivity index (χ4n) is 1.13. The third-order valence-electron chi connectivity index (χ3n) is 1.99. The molecule has 0 radical (unpaired) electrons. The van der Waals surface area contributed by atoms with Crippen LogP contribution < -0.4 is 10.9 Å². The van der Waals surface area contributed by atoms with Crippen molar-refractivity contribution >= 4 is 11.8 Å². The number of amides is 2. The summed E-state index contributed by atoms with van der Waals surface area (Å²) < 4.78 is 0. The summed E-state index contributed by atoms with van der Waals surface area (Å²) in [5, 5.41) is 8.36. The van der Waals surface area contributed by atoms with Crippen molar-refractivity contribution in [3.05, 3.63) is 0 Å². The predicted molar refractivity (Wildman–Crippen MR) is 56.7 cm³/mol. The van der Waals surface area contributed by atoms with Crippen molar-refractivity contribution in [3.8, 4) is 0 Å². The molecule has 2 amide bonds. The molecule has 0 unspecified atom stereocenters. The van der Waals surface area contributed by atoms with Gasteiger partial charge in [-0.1, -0.05) is 32.6 Å². The maximum Gasteiger partial charge on any atom is 0.264 e. The van der Waals surface area contributed by atoms with Gasteiger partial charge >= 0.3 is 0 Å². The molecular weight excluding hydrogens is 196 g/mol. The molecule has 0 bridgehead atoms. The zero-order valence-corrected chi connectivity index (χ0v) is 9.21. The predicted octanol–water partition coefficient (Wildman–Crippen LogP) is 0.487. The fourth-order valence-corrected chi connectivity index (χ4v) is 1.13. The first-order valence-corrected chi connectivity index (χ1v) is 5.39. The zero-order chi connectivity index (χ0) is 11.5. The smallest absolute Gasteiger partial charge is 0.264 e. The molecule has 0 heterocycles. The Morgan fingerprint density at radius 2 is 1.60 bits per heavy atom. The van der Waals surface area contributed by atoms with Crippen LogP contribution in [0.25, 0.3) is 0 Å². The lowest BCUT2D eigenvalue weighted by Crippen LogP contribution is -2.42. The summed E-state index contributed by atoms with van der Waals surface area (Å²) in [5.41, 5.74) is 4.32. The molecule has 88 valence electrons. The van der Waals surface area contributed by atoms with Crippen molar-refractivity contribution in [1.82, 2.24) is 10.9 Å². The topological polar surface area (TPSA) is 78.4 Å². The molecule has 0 aliphatic rings. The van der Waals surface area contributed by atoms with Crippen molar-refractivity contribution in [2.75, 3.05) is 6.61 Å². The van der Waals surface area contributed by atoms with E-state index in [1.54, 1.807) is 0 Å². The minimum absolute atomic E-state index is 0.215. The monoisotopic (exact) mass is 216 g/mol. The highest BCUT2D eigenvalue weighted by Gasteiger charge is 2.02. The van der Waals surface area contributed by atoms with Crippen molar-refractivity contribution in [1.29, 1.82) is 0 Å². The van der Waals surface area contributed by atoms with E-state index in [0.717, 1.165) is 19.3 Å². The Morgan fingerprint density at radius 3 is 2.20 bits per heavy atom. The van der Waals surface area contributed by atoms with Crippen LogP contribution in [0.15, 0.2) is 0 Å². The molecule has 0 aliphatic carbocycles. The summed E-state index contributed by atoms with van der Waals surface area (Å²) in [7, 11) is 0. The molecule has 0 aromatic carbocycles. The van der Waals surface area contributed by atoms with Crippen molar-refractivity contribution in [2.45, 2.75) is 45.4 Å². The molecule has 0 spiro atoms. The summed E-state index contributed by atoms with van der Waals surface area (Å²) in [6, 6.07) is 0. The number of nitrogens with one attached hydrogen (secondary N) is 2. The molecule has 0 atom stereocenters. The normalized spacial score (nSPS) is 9.73. The number of hydrogen-bond acceptors (Lipinski definition) is 3. The minimum atomic E-state index is -0.614. The van der Waals surface area contributed by atoms with E-state index in [0.29, 0.717) is 6.42 Å². The van der Waals surface area contributed by atoms with Gasteiger partial charge in [0, 0.05) is 6.42 Å². The first kappa shape index (κ1) is 13.9. The van der Waals surface area contributed by atoms with Gasteiger partial charge in [0.15, 0.2) is 0 Å². The Kier molecular flexibility index (Phi) is 8.76. The quantitative estimate of drug-likeness (QED) is 0.428.